The highest BCUT2D eigenvalue weighted by molar-refractivity contribution is 6.32. The lowest BCUT2D eigenvalue weighted by molar-refractivity contribution is -0.119. The van der Waals surface area contributed by atoms with Gasteiger partial charge < -0.3 is 29.2 Å². The van der Waals surface area contributed by atoms with E-state index in [0.717, 1.165) is 5.56 Å². The Morgan fingerprint density at radius 1 is 0.861 bits per heavy atom. The Labute approximate surface area is 214 Å². The van der Waals surface area contributed by atoms with Gasteiger partial charge in [0, 0.05) is 18.7 Å². The Hall–Kier alpha value is -3.91. The van der Waals surface area contributed by atoms with E-state index in [1.165, 1.54) is 21.3 Å². The molecule has 0 spiro atoms. The van der Waals surface area contributed by atoms with E-state index in [2.05, 4.69) is 5.32 Å². The minimum atomic E-state index is -0.743. The van der Waals surface area contributed by atoms with Crippen LogP contribution >= 0.6 is 11.6 Å². The van der Waals surface area contributed by atoms with Crippen molar-refractivity contribution in [2.75, 3.05) is 40.8 Å². The number of anilines is 1. The molecule has 1 N–H and O–H groups in total. The van der Waals surface area contributed by atoms with Crippen LogP contribution in [0.2, 0.25) is 5.02 Å². The highest BCUT2D eigenvalue weighted by atomic mass is 35.5. The summed E-state index contributed by atoms with van der Waals surface area (Å²) in [5.41, 5.74) is 2.20. The summed E-state index contributed by atoms with van der Waals surface area (Å²) in [4.78, 5) is 28.8. The maximum atomic E-state index is 13.9. The molecule has 3 aromatic carbocycles. The molecule has 0 saturated heterocycles. The van der Waals surface area contributed by atoms with Gasteiger partial charge in [-0.1, -0.05) is 35.9 Å². The second-order valence-electron chi connectivity index (χ2n) is 8.22. The first-order chi connectivity index (χ1) is 17.3. The van der Waals surface area contributed by atoms with Crippen molar-refractivity contribution in [2.24, 2.45) is 0 Å². The van der Waals surface area contributed by atoms with Crippen LogP contribution < -0.4 is 24.3 Å². The minimum Gasteiger partial charge on any atom is -0.495 e. The number of ether oxygens (including phenoxy) is 4. The summed E-state index contributed by atoms with van der Waals surface area (Å²) < 4.78 is 21.6. The predicted octanol–water partition coefficient (Wildman–Crippen LogP) is 4.92. The number of methoxy groups -OCH3 is 4. The molecule has 0 fully saturated rings. The van der Waals surface area contributed by atoms with Gasteiger partial charge in [-0.05, 0) is 35.4 Å². The number of nitrogens with zero attached hydrogens (tertiary/aromatic N) is 1. The van der Waals surface area contributed by atoms with Crippen molar-refractivity contribution in [1.82, 2.24) is 4.90 Å². The molecule has 0 aromatic heterocycles. The quantitative estimate of drug-likeness (QED) is 0.485. The molecule has 8 nitrogen and oxygen atoms in total. The van der Waals surface area contributed by atoms with Gasteiger partial charge in [0.05, 0.1) is 51.1 Å². The monoisotopic (exact) mass is 510 g/mol. The molecule has 36 heavy (non-hydrogen) atoms. The Balaban J connectivity index is 1.83. The lowest BCUT2D eigenvalue weighted by Gasteiger charge is -2.40. The van der Waals surface area contributed by atoms with Gasteiger partial charge in [0.1, 0.15) is 11.5 Å². The van der Waals surface area contributed by atoms with Crippen molar-refractivity contribution in [1.29, 1.82) is 0 Å². The van der Waals surface area contributed by atoms with Crippen LogP contribution in [0.15, 0.2) is 54.6 Å². The molecular weight excluding hydrogens is 484 g/mol. The van der Waals surface area contributed by atoms with Gasteiger partial charge in [0.2, 0.25) is 5.91 Å². The van der Waals surface area contributed by atoms with Crippen molar-refractivity contribution in [2.45, 2.75) is 12.0 Å². The van der Waals surface area contributed by atoms with Crippen LogP contribution in [0.4, 0.5) is 5.69 Å². The molecular formula is C27H27ClN2O6. The summed E-state index contributed by atoms with van der Waals surface area (Å²) in [5, 5.41) is 3.27. The Bertz CT molecular complexity index is 1310. The normalized spacial score (nSPS) is 16.7. The predicted molar refractivity (Wildman–Crippen MR) is 137 cm³/mol. The standard InChI is InChI=1S/C27H27ClN2O6/c1-30-25(15-10-11-20(33-2)23(12-15)36-5)24(16-8-6-7-9-17(16)27(30)32)26(31)29-19-13-18(28)21(34-3)14-22(19)35-4/h6-14,24-25H,1-5H3,(H,29,31)/t24-,25+/m0/s1. The molecule has 1 aliphatic heterocycles. The van der Waals surface area contributed by atoms with Crippen LogP contribution in [0.3, 0.4) is 0 Å². The number of rotatable bonds is 7. The van der Waals surface area contributed by atoms with Crippen molar-refractivity contribution in [3.63, 3.8) is 0 Å². The van der Waals surface area contributed by atoms with Crippen molar-refractivity contribution in [3.8, 4) is 23.0 Å². The average Bonchev–Trinajstić information content (AvgIpc) is 2.90. The minimum absolute atomic E-state index is 0.181. The summed E-state index contributed by atoms with van der Waals surface area (Å²) in [6.07, 6.45) is 0. The van der Waals surface area contributed by atoms with Crippen LogP contribution in [0.5, 0.6) is 23.0 Å². The van der Waals surface area contributed by atoms with E-state index < -0.39 is 12.0 Å². The van der Waals surface area contributed by atoms with Gasteiger partial charge in [-0.3, -0.25) is 9.59 Å². The van der Waals surface area contributed by atoms with Crippen LogP contribution in [0.25, 0.3) is 0 Å². The Kier molecular flexibility index (Phi) is 7.26. The highest BCUT2D eigenvalue weighted by Gasteiger charge is 2.43. The van der Waals surface area contributed by atoms with Crippen molar-refractivity contribution < 1.29 is 28.5 Å². The molecule has 9 heteroatoms. The zero-order valence-corrected chi connectivity index (χ0v) is 21.4. The first-order valence-corrected chi connectivity index (χ1v) is 11.5. The summed E-state index contributed by atoms with van der Waals surface area (Å²) in [7, 11) is 7.76. The molecule has 1 heterocycles. The number of hydrogen-bond donors (Lipinski definition) is 1. The van der Waals surface area contributed by atoms with E-state index in [4.69, 9.17) is 30.5 Å². The molecule has 0 aliphatic carbocycles. The fourth-order valence-electron chi connectivity index (χ4n) is 4.58. The zero-order valence-electron chi connectivity index (χ0n) is 20.6. The Morgan fingerprint density at radius 2 is 1.53 bits per heavy atom. The first kappa shape index (κ1) is 25.2. The molecule has 188 valence electrons. The summed E-state index contributed by atoms with van der Waals surface area (Å²) >= 11 is 6.33. The number of carbonyl (C=O) groups excluding carboxylic acids is 2. The molecule has 0 bridgehead atoms. The largest absolute Gasteiger partial charge is 0.495 e. The van der Waals surface area contributed by atoms with Gasteiger partial charge >= 0.3 is 0 Å². The molecule has 0 radical (unpaired) electrons. The van der Waals surface area contributed by atoms with E-state index in [1.807, 2.05) is 12.1 Å². The van der Waals surface area contributed by atoms with Crippen molar-refractivity contribution >= 4 is 29.1 Å². The third-order valence-electron chi connectivity index (χ3n) is 6.34. The molecule has 1 aliphatic rings. The van der Waals surface area contributed by atoms with E-state index in [9.17, 15) is 9.59 Å². The van der Waals surface area contributed by atoms with E-state index in [1.54, 1.807) is 61.5 Å². The number of benzene rings is 3. The number of halogens is 1. The van der Waals surface area contributed by atoms with Gasteiger partial charge in [0.15, 0.2) is 11.5 Å². The molecule has 4 rings (SSSR count). The number of likely N-dealkylation sites (N-methyl/N-ethyl adjacent to an activating group) is 1. The maximum Gasteiger partial charge on any atom is 0.254 e. The van der Waals surface area contributed by atoms with Crippen molar-refractivity contribution in [3.05, 3.63) is 76.3 Å². The average molecular weight is 511 g/mol. The third kappa shape index (κ3) is 4.40. The SMILES string of the molecule is COc1cc(OC)c(NC(=O)[C@H]2c3ccccc3C(=O)N(C)[C@@H]2c2ccc(OC)c(OC)c2)cc1Cl. The smallest absolute Gasteiger partial charge is 0.254 e. The first-order valence-electron chi connectivity index (χ1n) is 11.1. The fraction of sp³-hybridized carbons (Fsp3) is 0.259. The number of amides is 2. The van der Waals surface area contributed by atoms with Crippen LogP contribution in [0.1, 0.15) is 33.4 Å². The van der Waals surface area contributed by atoms with Gasteiger partial charge in [-0.2, -0.15) is 0 Å². The van der Waals surface area contributed by atoms with Gasteiger partial charge in [-0.25, -0.2) is 0 Å². The molecule has 0 saturated carbocycles. The van der Waals surface area contributed by atoms with Crippen LogP contribution in [-0.4, -0.2) is 52.2 Å². The third-order valence-corrected chi connectivity index (χ3v) is 6.64. The highest BCUT2D eigenvalue weighted by Crippen LogP contribution is 2.45. The topological polar surface area (TPSA) is 86.3 Å². The number of fused-ring (bicyclic) bond motifs is 1. The van der Waals surface area contributed by atoms with Gasteiger partial charge in [-0.15, -0.1) is 0 Å². The zero-order chi connectivity index (χ0) is 26.0. The Morgan fingerprint density at radius 3 is 2.19 bits per heavy atom. The molecule has 2 amide bonds. The second-order valence-corrected chi connectivity index (χ2v) is 8.62. The second kappa shape index (κ2) is 10.4. The fourth-order valence-corrected chi connectivity index (χ4v) is 4.82. The number of hydrogen-bond acceptors (Lipinski definition) is 6. The van der Waals surface area contributed by atoms with Gasteiger partial charge in [0.25, 0.3) is 5.91 Å². The maximum absolute atomic E-state index is 13.9. The molecule has 2 atom stereocenters. The van der Waals surface area contributed by atoms with Crippen LogP contribution in [-0.2, 0) is 4.79 Å². The summed E-state index contributed by atoms with van der Waals surface area (Å²) in [6, 6.07) is 15.1. The molecule has 3 aromatic rings. The summed E-state index contributed by atoms with van der Waals surface area (Å²) in [6.45, 7) is 0. The molecule has 0 unspecified atom stereocenters. The number of nitrogens with one attached hydrogen (secondary N) is 1. The van der Waals surface area contributed by atoms with Crippen LogP contribution in [0, 0.1) is 0 Å². The van der Waals surface area contributed by atoms with E-state index >= 15 is 0 Å². The summed E-state index contributed by atoms with van der Waals surface area (Å²) in [5.74, 6) is 0.597. The van der Waals surface area contributed by atoms with E-state index in [0.29, 0.717) is 44.8 Å². The number of carbonyl (C=O) groups is 2. The lowest BCUT2D eigenvalue weighted by atomic mass is 9.79. The van der Waals surface area contributed by atoms with E-state index in [-0.39, 0.29) is 11.8 Å². The lowest BCUT2D eigenvalue weighted by Crippen LogP contribution is -2.44.